The Hall–Kier alpha value is -3.65. The number of rotatable bonds is 4. The quantitative estimate of drug-likeness (QED) is 0.482. The molecular formula is C24H22FN3O. The number of halogens is 1. The molecule has 0 bridgehead atoms. The van der Waals surface area contributed by atoms with Crippen molar-refractivity contribution in [3.05, 3.63) is 88.0 Å². The number of amides is 1. The first-order chi connectivity index (χ1) is 13.8. The average Bonchev–Trinajstić information content (AvgIpc) is 2.96. The molecule has 3 rings (SSSR count). The number of benzene rings is 2. The number of hydrogen-bond donors (Lipinski definition) is 1. The van der Waals surface area contributed by atoms with Crippen LogP contribution in [0.4, 0.5) is 10.1 Å². The number of nitrogens with zero attached hydrogens (tertiary/aromatic N) is 2. The molecule has 146 valence electrons. The molecule has 0 saturated heterocycles. The molecular weight excluding hydrogens is 365 g/mol. The molecule has 0 fully saturated rings. The van der Waals surface area contributed by atoms with Gasteiger partial charge in [-0.15, -0.1) is 0 Å². The van der Waals surface area contributed by atoms with Crippen LogP contribution < -0.4 is 5.32 Å². The fourth-order valence-corrected chi connectivity index (χ4v) is 3.24. The molecule has 0 atom stereocenters. The van der Waals surface area contributed by atoms with Crippen LogP contribution >= 0.6 is 0 Å². The van der Waals surface area contributed by atoms with Gasteiger partial charge in [0.05, 0.1) is 0 Å². The molecule has 0 radical (unpaired) electrons. The highest BCUT2D eigenvalue weighted by Crippen LogP contribution is 2.23. The van der Waals surface area contributed by atoms with E-state index in [1.807, 2.05) is 62.6 Å². The summed E-state index contributed by atoms with van der Waals surface area (Å²) in [5, 5.41) is 12.3. The molecule has 0 unspecified atom stereocenters. The third-order valence-corrected chi connectivity index (χ3v) is 4.98. The van der Waals surface area contributed by atoms with Crippen LogP contribution in [0.1, 0.15) is 28.1 Å². The largest absolute Gasteiger partial charge is 0.321 e. The van der Waals surface area contributed by atoms with Gasteiger partial charge in [0.25, 0.3) is 5.91 Å². The number of carbonyl (C=O) groups is 1. The van der Waals surface area contributed by atoms with E-state index in [4.69, 9.17) is 0 Å². The molecule has 1 heterocycles. The van der Waals surface area contributed by atoms with Crippen molar-refractivity contribution in [1.29, 1.82) is 5.26 Å². The third kappa shape index (κ3) is 4.27. The van der Waals surface area contributed by atoms with E-state index in [1.165, 1.54) is 12.1 Å². The number of aromatic nitrogens is 1. The average molecular weight is 387 g/mol. The van der Waals surface area contributed by atoms with Gasteiger partial charge in [0.2, 0.25) is 0 Å². The van der Waals surface area contributed by atoms with E-state index in [0.29, 0.717) is 5.69 Å². The number of hydrogen-bond acceptors (Lipinski definition) is 2. The van der Waals surface area contributed by atoms with E-state index in [-0.39, 0.29) is 11.4 Å². The lowest BCUT2D eigenvalue weighted by Gasteiger charge is -2.09. The van der Waals surface area contributed by atoms with Crippen LogP contribution in [0.2, 0.25) is 0 Å². The summed E-state index contributed by atoms with van der Waals surface area (Å²) in [6.07, 6.45) is 1.58. The summed E-state index contributed by atoms with van der Waals surface area (Å²) >= 11 is 0. The summed E-state index contributed by atoms with van der Waals surface area (Å²) < 4.78 is 15.2. The van der Waals surface area contributed by atoms with E-state index >= 15 is 0 Å². The Morgan fingerprint density at radius 2 is 1.72 bits per heavy atom. The van der Waals surface area contributed by atoms with Crippen molar-refractivity contribution in [3.63, 3.8) is 0 Å². The highest BCUT2D eigenvalue weighted by molar-refractivity contribution is 6.09. The van der Waals surface area contributed by atoms with Crippen LogP contribution in [0.15, 0.2) is 54.1 Å². The molecule has 0 spiro atoms. The van der Waals surface area contributed by atoms with E-state index in [9.17, 15) is 14.4 Å². The Labute approximate surface area is 169 Å². The summed E-state index contributed by atoms with van der Waals surface area (Å²) in [6.45, 7) is 7.79. The minimum atomic E-state index is -0.456. The number of nitrogens with one attached hydrogen (secondary N) is 1. The Balaban J connectivity index is 1.92. The fourth-order valence-electron chi connectivity index (χ4n) is 3.24. The van der Waals surface area contributed by atoms with Crippen LogP contribution in [0.25, 0.3) is 11.8 Å². The minimum absolute atomic E-state index is 0.0163. The normalized spacial score (nSPS) is 11.2. The molecule has 4 nitrogen and oxygen atoms in total. The standard InChI is InChI=1S/C24H22FN3O/c1-15-5-8-22(11-16(15)2)27-24(29)20(14-26)13-19-12-17(3)28(18(19)4)23-9-6-21(25)7-10-23/h5-13H,1-4H3,(H,27,29)/b20-13+. The van der Waals surface area contributed by atoms with Crippen molar-refractivity contribution < 1.29 is 9.18 Å². The molecule has 0 aliphatic heterocycles. The molecule has 1 aromatic heterocycles. The molecule has 1 N–H and O–H groups in total. The fraction of sp³-hybridized carbons (Fsp3) is 0.167. The van der Waals surface area contributed by atoms with Crippen molar-refractivity contribution >= 4 is 17.7 Å². The number of carbonyl (C=O) groups excluding carboxylic acids is 1. The van der Waals surface area contributed by atoms with Gasteiger partial charge < -0.3 is 9.88 Å². The predicted octanol–water partition coefficient (Wildman–Crippen LogP) is 5.40. The number of anilines is 1. The van der Waals surface area contributed by atoms with E-state index in [0.717, 1.165) is 33.8 Å². The zero-order chi connectivity index (χ0) is 21.1. The van der Waals surface area contributed by atoms with Gasteiger partial charge in [-0.2, -0.15) is 5.26 Å². The van der Waals surface area contributed by atoms with Gasteiger partial charge in [-0.05, 0) is 92.9 Å². The summed E-state index contributed by atoms with van der Waals surface area (Å²) in [6, 6.07) is 15.7. The number of nitriles is 1. The minimum Gasteiger partial charge on any atom is -0.321 e. The Kier molecular flexibility index (Phi) is 5.65. The van der Waals surface area contributed by atoms with Gasteiger partial charge in [-0.1, -0.05) is 6.07 Å². The molecule has 0 aliphatic carbocycles. The topological polar surface area (TPSA) is 57.8 Å². The zero-order valence-corrected chi connectivity index (χ0v) is 16.9. The van der Waals surface area contributed by atoms with E-state index in [1.54, 1.807) is 18.2 Å². The third-order valence-electron chi connectivity index (χ3n) is 4.98. The predicted molar refractivity (Wildman–Crippen MR) is 113 cm³/mol. The number of aryl methyl sites for hydroxylation is 3. The molecule has 3 aromatic rings. The maximum Gasteiger partial charge on any atom is 0.266 e. The summed E-state index contributed by atoms with van der Waals surface area (Å²) in [4.78, 5) is 12.6. The monoisotopic (exact) mass is 387 g/mol. The van der Waals surface area contributed by atoms with Crippen molar-refractivity contribution in [2.75, 3.05) is 5.32 Å². The van der Waals surface area contributed by atoms with Crippen LogP contribution in [-0.4, -0.2) is 10.5 Å². The SMILES string of the molecule is Cc1ccc(NC(=O)/C(C#N)=C/c2cc(C)n(-c3ccc(F)cc3)c2C)cc1C. The molecule has 5 heteroatoms. The van der Waals surface area contributed by atoms with Crippen LogP contribution in [-0.2, 0) is 4.79 Å². The van der Waals surface area contributed by atoms with Gasteiger partial charge in [0.15, 0.2) is 0 Å². The smallest absolute Gasteiger partial charge is 0.266 e. The second-order valence-electron chi connectivity index (χ2n) is 7.06. The summed E-state index contributed by atoms with van der Waals surface area (Å²) in [5.41, 5.74) is 6.23. The first-order valence-electron chi connectivity index (χ1n) is 9.25. The Morgan fingerprint density at radius 1 is 1.03 bits per heavy atom. The van der Waals surface area contributed by atoms with E-state index in [2.05, 4.69) is 5.32 Å². The molecule has 1 amide bonds. The highest BCUT2D eigenvalue weighted by Gasteiger charge is 2.14. The molecule has 0 aliphatic rings. The van der Waals surface area contributed by atoms with Gasteiger partial charge >= 0.3 is 0 Å². The molecule has 2 aromatic carbocycles. The highest BCUT2D eigenvalue weighted by atomic mass is 19.1. The van der Waals surface area contributed by atoms with Crippen molar-refractivity contribution in [2.45, 2.75) is 27.7 Å². The van der Waals surface area contributed by atoms with Crippen LogP contribution in [0, 0.1) is 44.8 Å². The second kappa shape index (κ2) is 8.15. The van der Waals surface area contributed by atoms with Gasteiger partial charge in [0.1, 0.15) is 17.5 Å². The second-order valence-corrected chi connectivity index (χ2v) is 7.06. The maximum atomic E-state index is 13.2. The Bertz CT molecular complexity index is 1150. The van der Waals surface area contributed by atoms with E-state index < -0.39 is 5.91 Å². The lowest BCUT2D eigenvalue weighted by atomic mass is 10.1. The Morgan fingerprint density at radius 3 is 2.34 bits per heavy atom. The maximum absolute atomic E-state index is 13.2. The summed E-state index contributed by atoms with van der Waals surface area (Å²) in [7, 11) is 0. The van der Waals surface area contributed by atoms with Crippen molar-refractivity contribution in [3.8, 4) is 11.8 Å². The van der Waals surface area contributed by atoms with Crippen LogP contribution in [0.3, 0.4) is 0 Å². The van der Waals surface area contributed by atoms with Crippen LogP contribution in [0.5, 0.6) is 0 Å². The molecule has 29 heavy (non-hydrogen) atoms. The zero-order valence-electron chi connectivity index (χ0n) is 16.9. The van der Waals surface area contributed by atoms with Gasteiger partial charge in [-0.3, -0.25) is 4.79 Å². The van der Waals surface area contributed by atoms with Gasteiger partial charge in [0, 0.05) is 22.8 Å². The lowest BCUT2D eigenvalue weighted by molar-refractivity contribution is -0.112. The first kappa shape index (κ1) is 20.1. The van der Waals surface area contributed by atoms with Crippen molar-refractivity contribution in [2.24, 2.45) is 0 Å². The lowest BCUT2D eigenvalue weighted by Crippen LogP contribution is -2.13. The summed E-state index contributed by atoms with van der Waals surface area (Å²) in [5.74, 6) is -0.756. The first-order valence-corrected chi connectivity index (χ1v) is 9.25. The molecule has 0 saturated carbocycles. The van der Waals surface area contributed by atoms with Crippen molar-refractivity contribution in [1.82, 2.24) is 4.57 Å². The van der Waals surface area contributed by atoms with Gasteiger partial charge in [-0.25, -0.2) is 4.39 Å².